The first-order chi connectivity index (χ1) is 5.52. The van der Waals surface area contributed by atoms with Crippen LogP contribution in [0.5, 0.6) is 0 Å². The predicted octanol–water partition coefficient (Wildman–Crippen LogP) is 0.0389. The Morgan fingerprint density at radius 1 is 0.615 bits per heavy atom. The molecule has 0 spiro atoms. The van der Waals surface area contributed by atoms with Gasteiger partial charge in [0.2, 0.25) is 0 Å². The zero-order valence-corrected chi connectivity index (χ0v) is 10.4. The van der Waals surface area contributed by atoms with Gasteiger partial charge in [-0.2, -0.15) is 0 Å². The second-order valence-electron chi connectivity index (χ2n) is 3.91. The fraction of sp³-hybridized carbons (Fsp3) is 1.00. The van der Waals surface area contributed by atoms with Crippen LogP contribution >= 0.6 is 0 Å². The maximum atomic E-state index is 2.36. The number of likely N-dealkylation sites (N-methyl/N-ethyl adjacent to an activating group) is 3. The first kappa shape index (κ1) is 15.9. The van der Waals surface area contributed by atoms with Crippen molar-refractivity contribution in [1.29, 1.82) is 0 Å². The van der Waals surface area contributed by atoms with E-state index in [4.69, 9.17) is 0 Å². The van der Waals surface area contributed by atoms with E-state index in [9.17, 15) is 0 Å². The van der Waals surface area contributed by atoms with E-state index in [-0.39, 0.29) is 17.1 Å². The second kappa shape index (κ2) is 8.97. The molecule has 0 bridgehead atoms. The summed E-state index contributed by atoms with van der Waals surface area (Å²) >= 11 is 0. The van der Waals surface area contributed by atoms with Gasteiger partial charge in [0, 0.05) is 43.2 Å². The summed E-state index contributed by atoms with van der Waals surface area (Å²) in [5, 5.41) is 0. The maximum Gasteiger partial charge on any atom is 0.0107 e. The molecule has 13 heavy (non-hydrogen) atoms. The Balaban J connectivity index is 0. The van der Waals surface area contributed by atoms with Gasteiger partial charge in [-0.05, 0) is 35.2 Å². The molecular formula is C9H23CuN3. The molecule has 3 nitrogen and oxygen atoms in total. The quantitative estimate of drug-likeness (QED) is 0.603. The average molecular weight is 237 g/mol. The first-order valence-electron chi connectivity index (χ1n) is 4.50. The predicted molar refractivity (Wildman–Crippen MR) is 54.6 cm³/mol. The second-order valence-corrected chi connectivity index (χ2v) is 3.91. The third-order valence-electron chi connectivity index (χ3n) is 1.86. The van der Waals surface area contributed by atoms with Crippen molar-refractivity contribution in [3.8, 4) is 0 Å². The van der Waals surface area contributed by atoms with Gasteiger partial charge < -0.3 is 14.7 Å². The summed E-state index contributed by atoms with van der Waals surface area (Å²) in [5.74, 6) is 0. The number of hydrogen-bond donors (Lipinski definition) is 0. The normalized spacial score (nSPS) is 11.1. The molecule has 0 saturated heterocycles. The number of nitrogens with zero attached hydrogens (tertiary/aromatic N) is 3. The molecule has 1 radical (unpaired) electrons. The van der Waals surface area contributed by atoms with Crippen molar-refractivity contribution in [2.45, 2.75) is 0 Å². The Morgan fingerprint density at radius 3 is 1.15 bits per heavy atom. The molecule has 0 aliphatic carbocycles. The third kappa shape index (κ3) is 12.4. The van der Waals surface area contributed by atoms with Gasteiger partial charge in [0.1, 0.15) is 0 Å². The third-order valence-corrected chi connectivity index (χ3v) is 1.86. The Hall–Kier alpha value is 0.399. The van der Waals surface area contributed by atoms with Gasteiger partial charge in [0.25, 0.3) is 0 Å². The fourth-order valence-corrected chi connectivity index (χ4v) is 0.853. The van der Waals surface area contributed by atoms with E-state index in [2.05, 4.69) is 49.9 Å². The van der Waals surface area contributed by atoms with Crippen LogP contribution in [0.15, 0.2) is 0 Å². The zero-order chi connectivity index (χ0) is 9.56. The van der Waals surface area contributed by atoms with Crippen LogP contribution in [0.3, 0.4) is 0 Å². The molecule has 85 valence electrons. The molecule has 0 heterocycles. The van der Waals surface area contributed by atoms with Crippen LogP contribution in [0.2, 0.25) is 0 Å². The minimum absolute atomic E-state index is 0. The monoisotopic (exact) mass is 236 g/mol. The van der Waals surface area contributed by atoms with Gasteiger partial charge in [-0.15, -0.1) is 0 Å². The molecule has 0 unspecified atom stereocenters. The smallest absolute Gasteiger partial charge is 0.0107 e. The van der Waals surface area contributed by atoms with Crippen LogP contribution in [0.1, 0.15) is 0 Å². The topological polar surface area (TPSA) is 9.72 Å². The van der Waals surface area contributed by atoms with E-state index in [1.54, 1.807) is 0 Å². The molecule has 0 aliphatic rings. The Morgan fingerprint density at radius 2 is 0.923 bits per heavy atom. The summed E-state index contributed by atoms with van der Waals surface area (Å²) in [7, 11) is 10.6. The molecular weight excluding hydrogens is 214 g/mol. The van der Waals surface area contributed by atoms with Gasteiger partial charge in [-0.3, -0.25) is 0 Å². The van der Waals surface area contributed by atoms with Gasteiger partial charge >= 0.3 is 0 Å². The van der Waals surface area contributed by atoms with Crippen molar-refractivity contribution >= 4 is 0 Å². The van der Waals surface area contributed by atoms with Crippen LogP contribution < -0.4 is 0 Å². The Labute approximate surface area is 93.5 Å². The minimum atomic E-state index is 0. The maximum absolute atomic E-state index is 2.36. The first-order valence-corrected chi connectivity index (χ1v) is 4.50. The summed E-state index contributed by atoms with van der Waals surface area (Å²) in [5.41, 5.74) is 0. The molecule has 0 aromatic heterocycles. The summed E-state index contributed by atoms with van der Waals surface area (Å²) in [6, 6.07) is 0. The molecule has 0 amide bonds. The average Bonchev–Trinajstić information content (AvgIpc) is 1.96. The van der Waals surface area contributed by atoms with Crippen LogP contribution in [0, 0.1) is 0 Å². The van der Waals surface area contributed by atoms with Gasteiger partial charge in [0.15, 0.2) is 0 Å². The van der Waals surface area contributed by atoms with Gasteiger partial charge in [-0.1, -0.05) is 0 Å². The van der Waals surface area contributed by atoms with Crippen LogP contribution in [0.25, 0.3) is 0 Å². The molecule has 0 fully saturated rings. The van der Waals surface area contributed by atoms with E-state index in [1.165, 1.54) is 0 Å². The van der Waals surface area contributed by atoms with Crippen molar-refractivity contribution in [2.24, 2.45) is 0 Å². The molecule has 0 N–H and O–H groups in total. The number of rotatable bonds is 6. The van der Waals surface area contributed by atoms with Crippen molar-refractivity contribution < 1.29 is 17.1 Å². The van der Waals surface area contributed by atoms with E-state index >= 15 is 0 Å². The summed E-state index contributed by atoms with van der Waals surface area (Å²) in [4.78, 5) is 6.79. The van der Waals surface area contributed by atoms with Gasteiger partial charge in [0.05, 0.1) is 0 Å². The zero-order valence-electron chi connectivity index (χ0n) is 9.47. The largest absolute Gasteiger partial charge is 0.308 e. The van der Waals surface area contributed by atoms with E-state index in [0.29, 0.717) is 0 Å². The standard InChI is InChI=1S/C9H23N3.Cu/c1-10(2)6-8-12(5)9-7-11(3)4;/h6-9H2,1-5H3;. The van der Waals surface area contributed by atoms with E-state index in [0.717, 1.165) is 26.2 Å². The summed E-state index contributed by atoms with van der Waals surface area (Å²) in [6.07, 6.45) is 0. The van der Waals surface area contributed by atoms with Crippen LogP contribution in [-0.4, -0.2) is 76.1 Å². The molecule has 4 heteroatoms. The SMILES string of the molecule is CN(C)CCN(C)CCN(C)C.[Cu]. The number of hydrogen-bond acceptors (Lipinski definition) is 3. The summed E-state index contributed by atoms with van der Waals surface area (Å²) in [6.45, 7) is 4.59. The van der Waals surface area contributed by atoms with Crippen molar-refractivity contribution in [2.75, 3.05) is 61.4 Å². The molecule has 0 atom stereocenters. The van der Waals surface area contributed by atoms with E-state index in [1.807, 2.05) is 0 Å². The van der Waals surface area contributed by atoms with Crippen LogP contribution in [0.4, 0.5) is 0 Å². The minimum Gasteiger partial charge on any atom is -0.308 e. The molecule has 0 rings (SSSR count). The Kier molecular flexibility index (Phi) is 10.9. The fourth-order valence-electron chi connectivity index (χ4n) is 0.853. The van der Waals surface area contributed by atoms with Crippen molar-refractivity contribution in [1.82, 2.24) is 14.7 Å². The van der Waals surface area contributed by atoms with Crippen LogP contribution in [-0.2, 0) is 17.1 Å². The van der Waals surface area contributed by atoms with Crippen molar-refractivity contribution in [3.63, 3.8) is 0 Å². The van der Waals surface area contributed by atoms with Crippen molar-refractivity contribution in [3.05, 3.63) is 0 Å². The Bertz CT molecular complexity index is 95.0. The van der Waals surface area contributed by atoms with E-state index < -0.39 is 0 Å². The summed E-state index contributed by atoms with van der Waals surface area (Å²) < 4.78 is 0. The molecule has 0 aliphatic heterocycles. The molecule has 0 saturated carbocycles. The van der Waals surface area contributed by atoms with Gasteiger partial charge in [-0.25, -0.2) is 0 Å². The molecule has 0 aromatic rings. The molecule has 0 aromatic carbocycles.